The van der Waals surface area contributed by atoms with Crippen molar-refractivity contribution >= 4 is 19.8 Å². The Labute approximate surface area is 345 Å². The minimum absolute atomic E-state index is 0.0268. The lowest BCUT2D eigenvalue weighted by Gasteiger charge is -2.24. The van der Waals surface area contributed by atoms with Crippen molar-refractivity contribution in [2.24, 2.45) is 11.8 Å². The monoisotopic (exact) mass is 831 g/mol. The van der Waals surface area contributed by atoms with Gasteiger partial charge in [0, 0.05) is 18.8 Å². The largest absolute Gasteiger partial charge is 0.472 e. The molecular formula is C44H81NO11P+. The van der Waals surface area contributed by atoms with E-state index in [2.05, 4.69) is 26.0 Å². The van der Waals surface area contributed by atoms with Gasteiger partial charge in [0.1, 0.15) is 19.8 Å². The second-order valence-electron chi connectivity index (χ2n) is 16.7. The van der Waals surface area contributed by atoms with Crippen molar-refractivity contribution in [3.05, 3.63) is 36.5 Å². The lowest BCUT2D eigenvalue weighted by atomic mass is 9.89. The molecule has 0 aromatic carbocycles. The molecule has 0 radical (unpaired) electrons. The Hall–Kier alpha value is -1.89. The zero-order valence-electron chi connectivity index (χ0n) is 36.1. The van der Waals surface area contributed by atoms with E-state index in [-0.39, 0.29) is 44.3 Å². The van der Waals surface area contributed by atoms with Crippen LogP contribution in [0.2, 0.25) is 0 Å². The van der Waals surface area contributed by atoms with Crippen LogP contribution >= 0.6 is 7.82 Å². The molecular weight excluding hydrogens is 749 g/mol. The number of phosphoric acid groups is 1. The van der Waals surface area contributed by atoms with E-state index >= 15 is 0 Å². The summed E-state index contributed by atoms with van der Waals surface area (Å²) in [6.07, 6.45) is 27.5. The molecule has 0 heterocycles. The predicted octanol–water partition coefficient (Wildman–Crippen LogP) is 8.51. The van der Waals surface area contributed by atoms with Crippen molar-refractivity contribution in [2.45, 2.75) is 173 Å². The van der Waals surface area contributed by atoms with Gasteiger partial charge >= 0.3 is 19.8 Å². The summed E-state index contributed by atoms with van der Waals surface area (Å²) in [5, 5.41) is 31.4. The summed E-state index contributed by atoms with van der Waals surface area (Å²) < 4.78 is 34.2. The van der Waals surface area contributed by atoms with Crippen molar-refractivity contribution in [3.63, 3.8) is 0 Å². The van der Waals surface area contributed by atoms with Gasteiger partial charge in [0.05, 0.1) is 52.5 Å². The van der Waals surface area contributed by atoms with Crippen LogP contribution in [0, 0.1) is 11.8 Å². The number of aliphatic hydroxyl groups is 3. The van der Waals surface area contributed by atoms with E-state index in [9.17, 15) is 34.4 Å². The molecule has 13 heteroatoms. The van der Waals surface area contributed by atoms with Gasteiger partial charge in [0.15, 0.2) is 6.10 Å². The Balaban J connectivity index is 2.57. The number of hydrogen-bond acceptors (Lipinski definition) is 10. The summed E-state index contributed by atoms with van der Waals surface area (Å²) in [4.78, 5) is 35.6. The SMILES string of the molecule is CCCCCC/C=C\CCCCCCCCCC(=O)OC[C@H](COP(=O)(O)OCC[N+](C)(C)C)OC(=O)C/C=C\C[C@H]1[C@@H](/C=C/[C@H](O)CCCCC)[C@H](O)C[C@@H]1O. The normalized spacial score (nSPS) is 21.1. The van der Waals surface area contributed by atoms with E-state index in [1.807, 2.05) is 21.1 Å². The third kappa shape index (κ3) is 29.1. The number of aliphatic hydroxyl groups excluding tert-OH is 3. The molecule has 0 aromatic rings. The minimum atomic E-state index is -4.47. The number of ether oxygens (including phenoxy) is 2. The number of quaternary nitrogens is 1. The molecule has 1 aliphatic carbocycles. The molecule has 4 N–H and O–H groups in total. The molecule has 1 saturated carbocycles. The zero-order chi connectivity index (χ0) is 42.4. The molecule has 332 valence electrons. The number of esters is 2. The van der Waals surface area contributed by atoms with Crippen molar-refractivity contribution in [1.82, 2.24) is 0 Å². The molecule has 0 amide bonds. The van der Waals surface area contributed by atoms with Crippen LogP contribution in [-0.2, 0) is 32.7 Å². The van der Waals surface area contributed by atoms with Crippen LogP contribution in [0.15, 0.2) is 36.5 Å². The number of carbonyl (C=O) groups excluding carboxylic acids is 2. The molecule has 1 aliphatic rings. The predicted molar refractivity (Wildman–Crippen MR) is 226 cm³/mol. The van der Waals surface area contributed by atoms with Crippen molar-refractivity contribution in [1.29, 1.82) is 0 Å². The highest BCUT2D eigenvalue weighted by Gasteiger charge is 2.39. The first kappa shape index (κ1) is 53.1. The molecule has 0 saturated heterocycles. The number of unbranched alkanes of at least 4 members (excludes halogenated alkanes) is 13. The second kappa shape index (κ2) is 32.0. The summed E-state index contributed by atoms with van der Waals surface area (Å²) in [7, 11) is 1.28. The maximum Gasteiger partial charge on any atom is 0.472 e. The first-order chi connectivity index (χ1) is 27.2. The summed E-state index contributed by atoms with van der Waals surface area (Å²) in [5.41, 5.74) is 0. The van der Waals surface area contributed by atoms with Crippen molar-refractivity contribution in [3.8, 4) is 0 Å². The van der Waals surface area contributed by atoms with Crippen LogP contribution in [0.3, 0.4) is 0 Å². The Morgan fingerprint density at radius 1 is 0.772 bits per heavy atom. The number of hydrogen-bond donors (Lipinski definition) is 4. The zero-order valence-corrected chi connectivity index (χ0v) is 37.0. The average Bonchev–Trinajstić information content (AvgIpc) is 3.42. The van der Waals surface area contributed by atoms with Crippen LogP contribution in [-0.4, -0.2) is 109 Å². The van der Waals surface area contributed by atoms with Crippen LogP contribution in [0.4, 0.5) is 0 Å². The molecule has 57 heavy (non-hydrogen) atoms. The Kier molecular flexibility index (Phi) is 29.8. The molecule has 12 nitrogen and oxygen atoms in total. The van der Waals surface area contributed by atoms with Crippen LogP contribution < -0.4 is 0 Å². The average molecular weight is 831 g/mol. The molecule has 0 aromatic heterocycles. The van der Waals surface area contributed by atoms with Gasteiger partial charge in [0.25, 0.3) is 0 Å². The third-order valence-corrected chi connectivity index (χ3v) is 11.2. The molecule has 0 aliphatic heterocycles. The molecule has 7 atom stereocenters. The molecule has 0 spiro atoms. The number of allylic oxidation sites excluding steroid dienone is 3. The smallest absolute Gasteiger partial charge is 0.462 e. The molecule has 1 fully saturated rings. The van der Waals surface area contributed by atoms with E-state index in [1.165, 1.54) is 51.4 Å². The van der Waals surface area contributed by atoms with E-state index in [4.69, 9.17) is 18.5 Å². The topological polar surface area (TPSA) is 169 Å². The van der Waals surface area contributed by atoms with Gasteiger partial charge < -0.3 is 34.2 Å². The number of nitrogens with zero attached hydrogens (tertiary/aromatic N) is 1. The molecule has 1 rings (SSSR count). The van der Waals surface area contributed by atoms with Gasteiger partial charge in [-0.1, -0.05) is 121 Å². The number of likely N-dealkylation sites (N-methyl/N-ethyl adjacent to an activating group) is 1. The fourth-order valence-electron chi connectivity index (χ4n) is 6.69. The highest BCUT2D eigenvalue weighted by Crippen LogP contribution is 2.43. The third-order valence-electron chi connectivity index (χ3n) is 10.2. The van der Waals surface area contributed by atoms with Crippen molar-refractivity contribution < 1.29 is 57.4 Å². The fraction of sp³-hybridized carbons (Fsp3) is 0.818. The highest BCUT2D eigenvalue weighted by molar-refractivity contribution is 7.47. The van der Waals surface area contributed by atoms with E-state index < -0.39 is 50.8 Å². The van der Waals surface area contributed by atoms with E-state index in [1.54, 1.807) is 24.3 Å². The maximum atomic E-state index is 12.8. The number of phosphoric ester groups is 1. The Morgan fingerprint density at radius 2 is 1.39 bits per heavy atom. The maximum absolute atomic E-state index is 12.8. The molecule has 0 bridgehead atoms. The highest BCUT2D eigenvalue weighted by atomic mass is 31.2. The summed E-state index contributed by atoms with van der Waals surface area (Å²) in [6.45, 7) is 3.91. The fourth-order valence-corrected chi connectivity index (χ4v) is 7.43. The Bertz CT molecular complexity index is 1190. The second-order valence-corrected chi connectivity index (χ2v) is 18.2. The van der Waals surface area contributed by atoms with Gasteiger partial charge in [-0.2, -0.15) is 0 Å². The summed E-state index contributed by atoms with van der Waals surface area (Å²) in [5.74, 6) is -1.73. The lowest BCUT2D eigenvalue weighted by Crippen LogP contribution is -2.37. The van der Waals surface area contributed by atoms with E-state index in [0.717, 1.165) is 44.9 Å². The Morgan fingerprint density at radius 3 is 2.04 bits per heavy atom. The van der Waals surface area contributed by atoms with Gasteiger partial charge in [-0.15, -0.1) is 0 Å². The van der Waals surface area contributed by atoms with Gasteiger partial charge in [-0.05, 0) is 50.9 Å². The first-order valence-corrected chi connectivity index (χ1v) is 23.5. The quantitative estimate of drug-likeness (QED) is 0.0159. The van der Waals surface area contributed by atoms with Crippen LogP contribution in [0.1, 0.15) is 149 Å². The number of carbonyl (C=O) groups is 2. The van der Waals surface area contributed by atoms with Gasteiger partial charge in [-0.3, -0.25) is 18.6 Å². The lowest BCUT2D eigenvalue weighted by molar-refractivity contribution is -0.870. The number of rotatable bonds is 35. The van der Waals surface area contributed by atoms with E-state index in [0.29, 0.717) is 30.3 Å². The first-order valence-electron chi connectivity index (χ1n) is 22.0. The van der Waals surface area contributed by atoms with Gasteiger partial charge in [0.2, 0.25) is 0 Å². The van der Waals surface area contributed by atoms with Gasteiger partial charge in [-0.25, -0.2) is 4.57 Å². The summed E-state index contributed by atoms with van der Waals surface area (Å²) >= 11 is 0. The van der Waals surface area contributed by atoms with Crippen LogP contribution in [0.25, 0.3) is 0 Å². The standard InChI is InChI=1S/C44H80NO11P/c1-6-8-10-11-12-13-14-15-16-17-18-19-20-21-23-28-43(49)53-35-38(36-55-57(51,52)54-33-32-45(3,4)5)56-44(50)29-25-24-27-39-40(42(48)34-41(39)47)31-30-37(46)26-22-9-7-2/h13-14,24-25,30-31,37-42,46-48H,6-12,15-23,26-29,32-36H2,1-5H3/p+1/b14-13-,25-24-,31-30+/t37-,38-,39+,40-,41+,42-/m1/s1. The minimum Gasteiger partial charge on any atom is -0.462 e. The molecule has 1 unspecified atom stereocenters. The van der Waals surface area contributed by atoms with Crippen LogP contribution in [0.5, 0.6) is 0 Å². The van der Waals surface area contributed by atoms with Crippen molar-refractivity contribution in [2.75, 3.05) is 47.5 Å². The summed E-state index contributed by atoms with van der Waals surface area (Å²) in [6, 6.07) is 0.